The summed E-state index contributed by atoms with van der Waals surface area (Å²) in [6, 6.07) is 113. The number of rotatable bonds is 12. The number of hydrogen-bond acceptors (Lipinski definition) is 5. The van der Waals surface area contributed by atoms with Crippen molar-refractivity contribution in [1.82, 2.24) is 4.40 Å². The normalized spacial score (nSPS) is 13.3. The van der Waals surface area contributed by atoms with Crippen molar-refractivity contribution in [2.45, 2.75) is 12.3 Å². The third-order valence-corrected chi connectivity index (χ3v) is 19.9. The molecule has 14 aromatic carbocycles. The lowest BCUT2D eigenvalue weighted by molar-refractivity contribution is 0.667. The first kappa shape index (κ1) is 55.0. The summed E-state index contributed by atoms with van der Waals surface area (Å²) in [6.07, 6.45) is 7.48. The van der Waals surface area contributed by atoms with Gasteiger partial charge in [0.2, 0.25) is 0 Å². The van der Waals surface area contributed by atoms with E-state index >= 15 is 0 Å². The fraction of sp³-hybridized carbons (Fsp3) is 0.0222. The minimum Gasteiger partial charge on any atom is -0.454 e. The number of para-hydroxylation sites is 8. The molecule has 0 saturated carbocycles. The van der Waals surface area contributed by atoms with Crippen molar-refractivity contribution in [2.75, 3.05) is 15.5 Å². The Balaban J connectivity index is 0.814. The maximum Gasteiger partial charge on any atom is 0.159 e. The van der Waals surface area contributed by atoms with E-state index in [0.29, 0.717) is 6.42 Å². The lowest BCUT2D eigenvalue weighted by Gasteiger charge is -2.33. The van der Waals surface area contributed by atoms with Gasteiger partial charge in [-0.3, -0.25) is 0 Å². The molecule has 18 aromatic rings. The molecule has 0 spiro atoms. The zero-order chi connectivity index (χ0) is 63.4. The number of nitrogens with zero attached hydrogens (tertiary/aromatic N) is 3. The fourth-order valence-electron chi connectivity index (χ4n) is 15.7. The van der Waals surface area contributed by atoms with E-state index in [1.165, 1.54) is 21.7 Å². The molecular weight excluding hydrogens is 1170 g/mol. The van der Waals surface area contributed by atoms with Crippen LogP contribution in [-0.4, -0.2) is 4.40 Å². The minimum absolute atomic E-state index is 0.0843. The highest BCUT2D eigenvalue weighted by Gasteiger charge is 2.31. The van der Waals surface area contributed by atoms with Crippen molar-refractivity contribution in [3.05, 3.63) is 345 Å². The molecule has 96 heavy (non-hydrogen) atoms. The molecular formula is C90H60N4O2. The van der Waals surface area contributed by atoms with Crippen LogP contribution in [0, 0.1) is 0 Å². The second-order valence-electron chi connectivity index (χ2n) is 25.1. The number of nitrogens with two attached hydrogens (primary N) is 1. The Morgan fingerprint density at radius 2 is 0.833 bits per heavy atom. The number of anilines is 6. The highest BCUT2D eigenvalue weighted by atomic mass is 16.3. The lowest BCUT2D eigenvalue weighted by Crippen LogP contribution is -2.21. The maximum atomic E-state index is 7.96. The molecule has 0 fully saturated rings. The summed E-state index contributed by atoms with van der Waals surface area (Å²) in [4.78, 5) is 4.83. The largest absolute Gasteiger partial charge is 0.454 e. The molecule has 0 radical (unpaired) electrons. The monoisotopic (exact) mass is 1230 g/mol. The van der Waals surface area contributed by atoms with Gasteiger partial charge in [-0.15, -0.1) is 0 Å². The molecule has 6 heteroatoms. The summed E-state index contributed by atoms with van der Waals surface area (Å²) < 4.78 is 16.3. The number of aromatic nitrogens is 1. The van der Waals surface area contributed by atoms with E-state index in [-0.39, 0.29) is 5.92 Å². The molecule has 1 aliphatic rings. The highest BCUT2D eigenvalue weighted by Crippen LogP contribution is 2.54. The summed E-state index contributed by atoms with van der Waals surface area (Å²) in [5.74, 6) is -0.0843. The Morgan fingerprint density at radius 1 is 0.354 bits per heavy atom. The maximum absolute atomic E-state index is 7.96. The summed E-state index contributed by atoms with van der Waals surface area (Å²) in [6.45, 7) is 0. The number of benzene rings is 14. The van der Waals surface area contributed by atoms with Gasteiger partial charge in [-0.25, -0.2) is 0 Å². The summed E-state index contributed by atoms with van der Waals surface area (Å²) >= 11 is 0. The first-order valence-electron chi connectivity index (χ1n) is 33.0. The molecule has 4 heterocycles. The van der Waals surface area contributed by atoms with E-state index in [1.807, 2.05) is 12.1 Å². The van der Waals surface area contributed by atoms with Crippen molar-refractivity contribution in [3.63, 3.8) is 0 Å². The fourth-order valence-corrected chi connectivity index (χ4v) is 15.7. The van der Waals surface area contributed by atoms with Crippen LogP contribution in [0.25, 0.3) is 138 Å². The number of fused-ring (bicyclic) bond motifs is 12. The van der Waals surface area contributed by atoms with Crippen LogP contribution in [0.5, 0.6) is 0 Å². The molecule has 2 N–H and O–H groups in total. The highest BCUT2D eigenvalue weighted by molar-refractivity contribution is 6.30. The van der Waals surface area contributed by atoms with Gasteiger partial charge >= 0.3 is 0 Å². The van der Waals surface area contributed by atoms with Gasteiger partial charge in [0.1, 0.15) is 11.2 Å². The molecule has 0 saturated heterocycles. The molecule has 19 rings (SSSR count). The predicted octanol–water partition coefficient (Wildman–Crippen LogP) is 24.8. The summed E-state index contributed by atoms with van der Waals surface area (Å²) in [7, 11) is 0. The first-order chi connectivity index (χ1) is 47.6. The quantitative estimate of drug-likeness (QED) is 0.124. The summed E-state index contributed by atoms with van der Waals surface area (Å²) in [5.41, 5.74) is 33.8. The van der Waals surface area contributed by atoms with Crippen LogP contribution < -0.4 is 15.5 Å². The van der Waals surface area contributed by atoms with E-state index in [9.17, 15) is 0 Å². The smallest absolute Gasteiger partial charge is 0.159 e. The molecule has 4 aromatic heterocycles. The number of allylic oxidation sites excluding steroid dienone is 4. The molecule has 452 valence electrons. The van der Waals surface area contributed by atoms with Gasteiger partial charge in [0, 0.05) is 88.3 Å². The van der Waals surface area contributed by atoms with Crippen LogP contribution in [-0.2, 0) is 0 Å². The van der Waals surface area contributed by atoms with E-state index in [1.54, 1.807) is 0 Å². The van der Waals surface area contributed by atoms with Crippen molar-refractivity contribution < 1.29 is 8.83 Å². The van der Waals surface area contributed by atoms with Crippen molar-refractivity contribution in [1.29, 1.82) is 0 Å². The Morgan fingerprint density at radius 3 is 1.47 bits per heavy atom. The molecule has 1 aliphatic carbocycles. The third-order valence-electron chi connectivity index (χ3n) is 19.9. The second-order valence-corrected chi connectivity index (χ2v) is 25.1. The average molecular weight is 1230 g/mol. The summed E-state index contributed by atoms with van der Waals surface area (Å²) in [5, 5.41) is 9.02. The van der Waals surface area contributed by atoms with Crippen LogP contribution in [0.1, 0.15) is 17.9 Å². The zero-order valence-electron chi connectivity index (χ0n) is 52.3. The van der Waals surface area contributed by atoms with Gasteiger partial charge in [-0.2, -0.15) is 0 Å². The van der Waals surface area contributed by atoms with Gasteiger partial charge in [-0.05, 0) is 112 Å². The minimum atomic E-state index is -0.0843. The topological polar surface area (TPSA) is 63.2 Å². The standard InChI is InChI=1S/C90H60N4O2/c91-86-66(61-34-21-35-62(54-61)92(77-46-17-13-36-64(77)57-26-5-1-6-27-57)80-48-24-43-71-67-38-15-19-50-82(67)95-89(71)80)40-22-41-69(86)76-56-74(59-30-9-3-10-31-59)85-73-45-23-42-70-75-55-63(52-53-79(75)94(87(70)73)88(85)84(76)60-32-11-4-12-33-60)93(78-47-18-14-37-65(78)58-28-7-2-8-29-58)81-49-25-44-72-68-39-16-20-51-83(68)96-90(72)81/h1-53,55-56,61H,54,91H2. The van der Waals surface area contributed by atoms with Gasteiger partial charge < -0.3 is 28.8 Å². The van der Waals surface area contributed by atoms with Crippen LogP contribution in [0.15, 0.2) is 348 Å². The number of hydrogen-bond donors (Lipinski definition) is 1. The molecule has 0 amide bonds. The van der Waals surface area contributed by atoms with Crippen LogP contribution in [0.4, 0.5) is 34.1 Å². The van der Waals surface area contributed by atoms with Crippen molar-refractivity contribution >= 4 is 116 Å². The van der Waals surface area contributed by atoms with Crippen molar-refractivity contribution in [2.24, 2.45) is 0 Å². The molecule has 0 aliphatic heterocycles. The number of nitrogen functional groups attached to an aromatic ring is 1. The van der Waals surface area contributed by atoms with E-state index < -0.39 is 0 Å². The number of furan rings is 2. The molecule has 1 atom stereocenters. The zero-order valence-corrected chi connectivity index (χ0v) is 52.3. The van der Waals surface area contributed by atoms with Gasteiger partial charge in [0.15, 0.2) is 11.2 Å². The molecule has 1 unspecified atom stereocenters. The van der Waals surface area contributed by atoms with Gasteiger partial charge in [-0.1, -0.05) is 267 Å². The second kappa shape index (κ2) is 22.3. The van der Waals surface area contributed by atoms with Crippen LogP contribution in [0.3, 0.4) is 0 Å². The Hall–Kier alpha value is -12.6. The van der Waals surface area contributed by atoms with Crippen LogP contribution >= 0.6 is 0 Å². The predicted molar refractivity (Wildman–Crippen MR) is 402 cm³/mol. The SMILES string of the molecule is Nc1c(-c2cc(-c3ccccc3)c3c4cccc5c6cc(N(c7ccccc7-c7ccccc7)c7cccc8c7oc7ccccc78)ccc6n(c3c2-c2ccccc2)c54)cccc1C1C=CC=C(N(c2ccccc2-c2ccccc2)c2cccc3c2oc2ccccc23)C1. The molecule has 6 nitrogen and oxygen atoms in total. The Labute approximate surface area is 554 Å². The van der Waals surface area contributed by atoms with Crippen LogP contribution in [0.2, 0.25) is 0 Å². The lowest BCUT2D eigenvalue weighted by atomic mass is 9.83. The van der Waals surface area contributed by atoms with E-state index in [2.05, 4.69) is 336 Å². The van der Waals surface area contributed by atoms with Crippen molar-refractivity contribution in [3.8, 4) is 55.6 Å². The first-order valence-corrected chi connectivity index (χ1v) is 33.0. The van der Waals surface area contributed by atoms with Gasteiger partial charge in [0.05, 0.1) is 39.3 Å². The Kier molecular flexibility index (Phi) is 12.8. The van der Waals surface area contributed by atoms with Gasteiger partial charge in [0.25, 0.3) is 0 Å². The molecule has 0 bridgehead atoms. The van der Waals surface area contributed by atoms with E-state index in [4.69, 9.17) is 14.6 Å². The van der Waals surface area contributed by atoms with E-state index in [0.717, 1.165) is 161 Å². The Bertz CT molecular complexity index is 6140. The third kappa shape index (κ3) is 8.66. The average Bonchev–Trinajstić information content (AvgIpc) is 1.54.